The van der Waals surface area contributed by atoms with Crippen molar-refractivity contribution in [3.63, 3.8) is 0 Å². The lowest BCUT2D eigenvalue weighted by atomic mass is 10.0. The van der Waals surface area contributed by atoms with Crippen LogP contribution in [0, 0.1) is 0 Å². The maximum Gasteiger partial charge on any atom is 0.406 e. The lowest BCUT2D eigenvalue weighted by Crippen LogP contribution is -2.53. The summed E-state index contributed by atoms with van der Waals surface area (Å²) in [5.74, 6) is 0. The first kappa shape index (κ1) is 13.1. The van der Waals surface area contributed by atoms with E-state index in [9.17, 15) is 13.2 Å². The Hall–Kier alpha value is -0.290. The van der Waals surface area contributed by atoms with Crippen LogP contribution in [0.2, 0.25) is 0 Å². The summed E-state index contributed by atoms with van der Waals surface area (Å²) >= 11 is 0. The quantitative estimate of drug-likeness (QED) is 0.825. The summed E-state index contributed by atoms with van der Waals surface area (Å²) in [4.78, 5) is 1.66. The lowest BCUT2D eigenvalue weighted by Gasteiger charge is -2.39. The minimum atomic E-state index is -4.04. The molecule has 0 bridgehead atoms. The van der Waals surface area contributed by atoms with Gasteiger partial charge in [-0.3, -0.25) is 4.90 Å². The van der Waals surface area contributed by atoms with Crippen LogP contribution < -0.4 is 5.32 Å². The molecule has 1 saturated heterocycles. The predicted molar refractivity (Wildman–Crippen MR) is 60.9 cm³/mol. The number of alkyl halides is 3. The molecule has 0 spiro atoms. The molecular weight excluding hydrogens is 229 g/mol. The van der Waals surface area contributed by atoms with Crippen molar-refractivity contribution in [3.05, 3.63) is 0 Å². The Labute approximate surface area is 101 Å². The van der Waals surface area contributed by atoms with Crippen molar-refractivity contribution in [1.82, 2.24) is 10.2 Å². The minimum absolute atomic E-state index is 0.295. The van der Waals surface area contributed by atoms with Crippen LogP contribution in [0.15, 0.2) is 0 Å². The third kappa shape index (κ3) is 2.60. The molecule has 1 aliphatic heterocycles. The van der Waals surface area contributed by atoms with Gasteiger partial charge in [-0.05, 0) is 38.6 Å². The highest BCUT2D eigenvalue weighted by molar-refractivity contribution is 5.10. The maximum atomic E-state index is 12.9. The predicted octanol–water partition coefficient (Wildman–Crippen LogP) is 2.55. The van der Waals surface area contributed by atoms with Gasteiger partial charge >= 0.3 is 6.18 Å². The first-order valence-corrected chi connectivity index (χ1v) is 6.55. The van der Waals surface area contributed by atoms with E-state index in [1.165, 1.54) is 0 Å². The third-order valence-electron chi connectivity index (χ3n) is 4.03. The van der Waals surface area contributed by atoms with Gasteiger partial charge in [-0.15, -0.1) is 0 Å². The fourth-order valence-corrected chi connectivity index (χ4v) is 2.76. The smallest absolute Gasteiger partial charge is 0.314 e. The molecule has 0 aromatic carbocycles. The lowest BCUT2D eigenvalue weighted by molar-refractivity contribution is -0.199. The Bertz CT molecular complexity index is 253. The van der Waals surface area contributed by atoms with Gasteiger partial charge in [0.25, 0.3) is 0 Å². The molecule has 0 radical (unpaired) electrons. The van der Waals surface area contributed by atoms with Gasteiger partial charge in [0.15, 0.2) is 0 Å². The fourth-order valence-electron chi connectivity index (χ4n) is 2.76. The molecule has 2 rings (SSSR count). The summed E-state index contributed by atoms with van der Waals surface area (Å²) in [5.41, 5.74) is -1.46. The topological polar surface area (TPSA) is 15.3 Å². The van der Waals surface area contributed by atoms with Crippen LogP contribution in [-0.4, -0.2) is 42.3 Å². The van der Waals surface area contributed by atoms with Gasteiger partial charge in [-0.2, -0.15) is 13.2 Å². The van der Waals surface area contributed by atoms with Gasteiger partial charge in [-0.25, -0.2) is 0 Å². The highest BCUT2D eigenvalue weighted by atomic mass is 19.4. The zero-order chi connectivity index (χ0) is 12.5. The highest BCUT2D eigenvalue weighted by Crippen LogP contribution is 2.54. The van der Waals surface area contributed by atoms with Crippen molar-refractivity contribution in [2.24, 2.45) is 0 Å². The van der Waals surface area contributed by atoms with E-state index in [0.717, 1.165) is 25.8 Å². The van der Waals surface area contributed by atoms with Crippen LogP contribution in [-0.2, 0) is 0 Å². The summed E-state index contributed by atoms with van der Waals surface area (Å²) in [7, 11) is 0. The molecule has 0 unspecified atom stereocenters. The van der Waals surface area contributed by atoms with Gasteiger partial charge in [0.05, 0.1) is 0 Å². The number of likely N-dealkylation sites (tertiary alicyclic amines) is 1. The number of halogens is 3. The molecule has 0 aromatic rings. The van der Waals surface area contributed by atoms with E-state index < -0.39 is 11.7 Å². The normalized spacial score (nSPS) is 26.1. The maximum absolute atomic E-state index is 12.9. The standard InChI is InChI=1S/C12H21F3N2/c1-2-7-16-10-3-8-17(9-4-10)11(5-6-11)12(13,14)15/h10,16H,2-9H2,1H3. The molecule has 2 nitrogen and oxygen atoms in total. The summed E-state index contributed by atoms with van der Waals surface area (Å²) in [6.07, 6.45) is -0.688. The molecule has 0 amide bonds. The van der Waals surface area contributed by atoms with E-state index in [4.69, 9.17) is 0 Å². The highest BCUT2D eigenvalue weighted by Gasteiger charge is 2.66. The zero-order valence-corrected chi connectivity index (χ0v) is 10.3. The van der Waals surface area contributed by atoms with Crippen LogP contribution in [0.25, 0.3) is 0 Å². The van der Waals surface area contributed by atoms with E-state index in [1.54, 1.807) is 4.90 Å². The van der Waals surface area contributed by atoms with Crippen LogP contribution in [0.1, 0.15) is 39.0 Å². The first-order chi connectivity index (χ1) is 7.99. The summed E-state index contributed by atoms with van der Waals surface area (Å²) < 4.78 is 38.8. The minimum Gasteiger partial charge on any atom is -0.314 e. The Kier molecular flexibility index (Phi) is 3.69. The van der Waals surface area contributed by atoms with Crippen molar-refractivity contribution in [2.45, 2.75) is 56.8 Å². The SMILES string of the molecule is CCCNC1CCN(C2(C(F)(F)F)CC2)CC1. The molecule has 1 aliphatic carbocycles. The monoisotopic (exact) mass is 250 g/mol. The first-order valence-electron chi connectivity index (χ1n) is 6.55. The Morgan fingerprint density at radius 1 is 1.24 bits per heavy atom. The van der Waals surface area contributed by atoms with Gasteiger partial charge in [-0.1, -0.05) is 6.92 Å². The van der Waals surface area contributed by atoms with E-state index in [0.29, 0.717) is 32.0 Å². The summed E-state index contributed by atoms with van der Waals surface area (Å²) in [6.45, 7) is 4.24. The number of nitrogens with zero attached hydrogens (tertiary/aromatic N) is 1. The third-order valence-corrected chi connectivity index (χ3v) is 4.03. The molecular formula is C12H21F3N2. The van der Waals surface area contributed by atoms with Gasteiger partial charge in [0.1, 0.15) is 5.54 Å². The summed E-state index contributed by atoms with van der Waals surface area (Å²) in [6, 6.07) is 0.412. The molecule has 0 atom stereocenters. The number of piperidine rings is 1. The van der Waals surface area contributed by atoms with Crippen molar-refractivity contribution >= 4 is 0 Å². The largest absolute Gasteiger partial charge is 0.406 e. The summed E-state index contributed by atoms with van der Waals surface area (Å²) in [5, 5.41) is 3.39. The van der Waals surface area contributed by atoms with E-state index >= 15 is 0 Å². The second-order valence-corrected chi connectivity index (χ2v) is 5.24. The Morgan fingerprint density at radius 2 is 1.82 bits per heavy atom. The fraction of sp³-hybridized carbons (Fsp3) is 1.00. The van der Waals surface area contributed by atoms with Crippen LogP contribution in [0.3, 0.4) is 0 Å². The van der Waals surface area contributed by atoms with Crippen molar-refractivity contribution in [2.75, 3.05) is 19.6 Å². The van der Waals surface area contributed by atoms with Gasteiger partial charge < -0.3 is 5.32 Å². The molecule has 2 aliphatic rings. The van der Waals surface area contributed by atoms with E-state index in [1.807, 2.05) is 0 Å². The molecule has 1 heterocycles. The van der Waals surface area contributed by atoms with Crippen LogP contribution >= 0.6 is 0 Å². The van der Waals surface area contributed by atoms with Gasteiger partial charge in [0.2, 0.25) is 0 Å². The molecule has 1 saturated carbocycles. The number of rotatable bonds is 4. The second-order valence-electron chi connectivity index (χ2n) is 5.24. The zero-order valence-electron chi connectivity index (χ0n) is 10.3. The number of nitrogens with one attached hydrogen (secondary N) is 1. The van der Waals surface area contributed by atoms with Crippen molar-refractivity contribution in [3.8, 4) is 0 Å². The average molecular weight is 250 g/mol. The van der Waals surface area contributed by atoms with Gasteiger partial charge in [0, 0.05) is 19.1 Å². The van der Waals surface area contributed by atoms with Crippen LogP contribution in [0.5, 0.6) is 0 Å². The number of hydrogen-bond acceptors (Lipinski definition) is 2. The molecule has 2 fully saturated rings. The van der Waals surface area contributed by atoms with Crippen molar-refractivity contribution in [1.29, 1.82) is 0 Å². The van der Waals surface area contributed by atoms with Crippen molar-refractivity contribution < 1.29 is 13.2 Å². The van der Waals surface area contributed by atoms with E-state index in [2.05, 4.69) is 12.2 Å². The number of hydrogen-bond donors (Lipinski definition) is 1. The molecule has 0 aromatic heterocycles. The Morgan fingerprint density at radius 3 is 2.24 bits per heavy atom. The molecule has 5 heteroatoms. The average Bonchev–Trinajstić information content (AvgIpc) is 3.07. The van der Waals surface area contributed by atoms with Crippen LogP contribution in [0.4, 0.5) is 13.2 Å². The van der Waals surface area contributed by atoms with E-state index in [-0.39, 0.29) is 0 Å². The molecule has 17 heavy (non-hydrogen) atoms. The molecule has 1 N–H and O–H groups in total. The second kappa shape index (κ2) is 4.76. The molecule has 100 valence electrons. The Balaban J connectivity index is 1.83.